The summed E-state index contributed by atoms with van der Waals surface area (Å²) in [5.41, 5.74) is 4.07. The van der Waals surface area contributed by atoms with Gasteiger partial charge in [0.1, 0.15) is 17.4 Å². The maximum Gasteiger partial charge on any atom is 0.220 e. The van der Waals surface area contributed by atoms with Gasteiger partial charge in [-0.3, -0.25) is 4.90 Å². The standard InChI is InChI=1S/C21H24N4O2/c1-13-17-11-16(26-21(17)23-14(2)22-13)12-25-9-7-15(8-10-25)20-24-18-5-3-4-6-19(18)27-20/h3-6,15-16H,7-12H2,1-2H3/t16-/m1/s1. The maximum atomic E-state index is 6.10. The molecule has 1 saturated heterocycles. The Balaban J connectivity index is 1.20. The van der Waals surface area contributed by atoms with Crippen molar-refractivity contribution in [2.75, 3.05) is 19.6 Å². The minimum Gasteiger partial charge on any atom is -0.472 e. The van der Waals surface area contributed by atoms with Crippen LogP contribution in [-0.2, 0) is 6.42 Å². The second-order valence-electron chi connectivity index (χ2n) is 7.68. The highest BCUT2D eigenvalue weighted by molar-refractivity contribution is 5.72. The van der Waals surface area contributed by atoms with E-state index >= 15 is 0 Å². The number of oxazole rings is 1. The summed E-state index contributed by atoms with van der Waals surface area (Å²) >= 11 is 0. The Bertz CT molecular complexity index is 942. The number of nitrogens with zero attached hydrogens (tertiary/aromatic N) is 4. The molecule has 27 heavy (non-hydrogen) atoms. The second-order valence-corrected chi connectivity index (χ2v) is 7.68. The first-order valence-electron chi connectivity index (χ1n) is 9.74. The molecule has 0 N–H and O–H groups in total. The van der Waals surface area contributed by atoms with Crippen LogP contribution in [0.1, 0.15) is 41.7 Å². The van der Waals surface area contributed by atoms with E-state index in [2.05, 4.69) is 19.9 Å². The number of para-hydroxylation sites is 2. The zero-order valence-corrected chi connectivity index (χ0v) is 15.8. The average molecular weight is 364 g/mol. The van der Waals surface area contributed by atoms with Crippen molar-refractivity contribution in [1.82, 2.24) is 19.9 Å². The molecule has 0 aliphatic carbocycles. The Labute approximate surface area is 158 Å². The molecular formula is C21H24N4O2. The van der Waals surface area contributed by atoms with Gasteiger partial charge < -0.3 is 9.15 Å². The van der Waals surface area contributed by atoms with Crippen molar-refractivity contribution in [2.45, 2.75) is 45.1 Å². The molecule has 2 aliphatic heterocycles. The van der Waals surface area contributed by atoms with E-state index in [1.807, 2.05) is 38.1 Å². The number of likely N-dealkylation sites (tertiary alicyclic amines) is 1. The minimum atomic E-state index is 0.177. The molecular weight excluding hydrogens is 340 g/mol. The molecule has 6 nitrogen and oxygen atoms in total. The molecule has 1 aromatic carbocycles. The number of ether oxygens (including phenoxy) is 1. The summed E-state index contributed by atoms with van der Waals surface area (Å²) in [5, 5.41) is 0. The molecule has 140 valence electrons. The third-order valence-corrected chi connectivity index (χ3v) is 5.71. The number of hydrogen-bond acceptors (Lipinski definition) is 6. The number of hydrogen-bond donors (Lipinski definition) is 0. The van der Waals surface area contributed by atoms with Crippen LogP contribution in [0.5, 0.6) is 5.88 Å². The lowest BCUT2D eigenvalue weighted by molar-refractivity contribution is 0.122. The van der Waals surface area contributed by atoms with Crippen molar-refractivity contribution < 1.29 is 9.15 Å². The fraction of sp³-hybridized carbons (Fsp3) is 0.476. The summed E-state index contributed by atoms with van der Waals surface area (Å²) < 4.78 is 12.1. The van der Waals surface area contributed by atoms with E-state index in [4.69, 9.17) is 9.15 Å². The molecule has 1 atom stereocenters. The van der Waals surface area contributed by atoms with E-state index in [1.165, 1.54) is 5.56 Å². The third kappa shape index (κ3) is 3.18. The first-order chi connectivity index (χ1) is 13.2. The molecule has 0 radical (unpaired) electrons. The minimum absolute atomic E-state index is 0.177. The summed E-state index contributed by atoms with van der Waals surface area (Å²) in [7, 11) is 0. The topological polar surface area (TPSA) is 64.3 Å². The van der Waals surface area contributed by atoms with Gasteiger partial charge >= 0.3 is 0 Å². The van der Waals surface area contributed by atoms with Crippen LogP contribution in [0.2, 0.25) is 0 Å². The van der Waals surface area contributed by atoms with Gasteiger partial charge in [-0.15, -0.1) is 0 Å². The molecule has 4 heterocycles. The summed E-state index contributed by atoms with van der Waals surface area (Å²) in [6.07, 6.45) is 3.23. The Kier molecular flexibility index (Phi) is 4.08. The van der Waals surface area contributed by atoms with E-state index in [1.54, 1.807) is 0 Å². The maximum absolute atomic E-state index is 6.10. The van der Waals surface area contributed by atoms with Crippen LogP contribution in [0.3, 0.4) is 0 Å². The molecule has 0 spiro atoms. The number of piperidine rings is 1. The smallest absolute Gasteiger partial charge is 0.220 e. The summed E-state index contributed by atoms with van der Waals surface area (Å²) in [6.45, 7) is 6.99. The number of fused-ring (bicyclic) bond motifs is 2. The lowest BCUT2D eigenvalue weighted by Crippen LogP contribution is -2.39. The van der Waals surface area contributed by atoms with Crippen molar-refractivity contribution in [3.8, 4) is 5.88 Å². The van der Waals surface area contributed by atoms with Gasteiger partial charge in [0.2, 0.25) is 5.88 Å². The van der Waals surface area contributed by atoms with Crippen LogP contribution < -0.4 is 4.74 Å². The quantitative estimate of drug-likeness (QED) is 0.710. The Hall–Kier alpha value is -2.47. The van der Waals surface area contributed by atoms with E-state index in [0.29, 0.717) is 5.92 Å². The zero-order chi connectivity index (χ0) is 18.4. The van der Waals surface area contributed by atoms with Crippen LogP contribution in [0.15, 0.2) is 28.7 Å². The van der Waals surface area contributed by atoms with Gasteiger partial charge in [-0.2, -0.15) is 4.98 Å². The van der Waals surface area contributed by atoms with Crippen molar-refractivity contribution in [1.29, 1.82) is 0 Å². The van der Waals surface area contributed by atoms with E-state index in [-0.39, 0.29) is 6.10 Å². The Morgan fingerprint density at radius 2 is 1.89 bits per heavy atom. The van der Waals surface area contributed by atoms with Crippen molar-refractivity contribution in [3.05, 3.63) is 47.2 Å². The van der Waals surface area contributed by atoms with Gasteiger partial charge in [-0.1, -0.05) is 12.1 Å². The van der Waals surface area contributed by atoms with Gasteiger partial charge in [0.15, 0.2) is 11.5 Å². The molecule has 0 bridgehead atoms. The number of benzene rings is 1. The lowest BCUT2D eigenvalue weighted by atomic mass is 9.96. The van der Waals surface area contributed by atoms with Crippen LogP contribution in [0.25, 0.3) is 11.1 Å². The normalized spacial score (nSPS) is 20.7. The predicted octanol–water partition coefficient (Wildman–Crippen LogP) is 3.42. The van der Waals surface area contributed by atoms with Gasteiger partial charge in [0.25, 0.3) is 0 Å². The van der Waals surface area contributed by atoms with Gasteiger partial charge in [0.05, 0.1) is 0 Å². The molecule has 6 heteroatoms. The fourth-order valence-corrected chi connectivity index (χ4v) is 4.28. The zero-order valence-electron chi connectivity index (χ0n) is 15.8. The number of aryl methyl sites for hydroxylation is 2. The monoisotopic (exact) mass is 364 g/mol. The number of rotatable bonds is 3. The summed E-state index contributed by atoms with van der Waals surface area (Å²) in [5.74, 6) is 2.87. The first-order valence-corrected chi connectivity index (χ1v) is 9.74. The highest BCUT2D eigenvalue weighted by atomic mass is 16.5. The van der Waals surface area contributed by atoms with E-state index in [0.717, 1.165) is 73.3 Å². The van der Waals surface area contributed by atoms with E-state index < -0.39 is 0 Å². The largest absolute Gasteiger partial charge is 0.472 e. The van der Waals surface area contributed by atoms with Crippen molar-refractivity contribution in [3.63, 3.8) is 0 Å². The highest BCUT2D eigenvalue weighted by Gasteiger charge is 2.31. The van der Waals surface area contributed by atoms with Gasteiger partial charge in [-0.25, -0.2) is 9.97 Å². The van der Waals surface area contributed by atoms with Crippen molar-refractivity contribution >= 4 is 11.1 Å². The molecule has 0 unspecified atom stereocenters. The van der Waals surface area contributed by atoms with Crippen LogP contribution >= 0.6 is 0 Å². The highest BCUT2D eigenvalue weighted by Crippen LogP contribution is 2.32. The molecule has 0 saturated carbocycles. The van der Waals surface area contributed by atoms with Gasteiger partial charge in [-0.05, 0) is 51.9 Å². The third-order valence-electron chi connectivity index (χ3n) is 5.71. The van der Waals surface area contributed by atoms with E-state index in [9.17, 15) is 0 Å². The Morgan fingerprint density at radius 1 is 1.07 bits per heavy atom. The molecule has 2 aromatic heterocycles. The Morgan fingerprint density at radius 3 is 2.70 bits per heavy atom. The average Bonchev–Trinajstić information content (AvgIpc) is 3.26. The SMILES string of the molecule is Cc1nc(C)c2c(n1)O[C@@H](CN1CCC(c3nc4ccccc4o3)CC1)C2. The van der Waals surface area contributed by atoms with Crippen molar-refractivity contribution in [2.24, 2.45) is 0 Å². The lowest BCUT2D eigenvalue weighted by Gasteiger charge is -2.31. The number of aromatic nitrogens is 3. The molecule has 0 amide bonds. The molecule has 2 aliphatic rings. The second kappa shape index (κ2) is 6.60. The summed E-state index contributed by atoms with van der Waals surface area (Å²) in [4.78, 5) is 16.1. The first kappa shape index (κ1) is 16.7. The predicted molar refractivity (Wildman–Crippen MR) is 102 cm³/mol. The van der Waals surface area contributed by atoms with Crippen LogP contribution in [0, 0.1) is 13.8 Å². The van der Waals surface area contributed by atoms with Crippen LogP contribution in [0.4, 0.5) is 0 Å². The molecule has 1 fully saturated rings. The summed E-state index contributed by atoms with van der Waals surface area (Å²) in [6, 6.07) is 8.00. The molecule has 5 rings (SSSR count). The van der Waals surface area contributed by atoms with Gasteiger partial charge in [0, 0.05) is 30.1 Å². The van der Waals surface area contributed by atoms with Crippen LogP contribution in [-0.4, -0.2) is 45.6 Å². The molecule has 3 aromatic rings. The fourth-order valence-electron chi connectivity index (χ4n) is 4.28.